The lowest BCUT2D eigenvalue weighted by molar-refractivity contribution is -0.136. The SMILES string of the molecule is FC(F)(F)c1ccccc1NC(=S)NCc1cn(-c2ccccc2)nc1-c1ccccc1. The zero-order valence-corrected chi connectivity index (χ0v) is 17.6. The van der Waals surface area contributed by atoms with Gasteiger partial charge in [0.1, 0.15) is 0 Å². The molecule has 0 unspecified atom stereocenters. The van der Waals surface area contributed by atoms with E-state index in [9.17, 15) is 13.2 Å². The summed E-state index contributed by atoms with van der Waals surface area (Å²) in [4.78, 5) is 0. The molecule has 2 N–H and O–H groups in total. The van der Waals surface area contributed by atoms with Crippen LogP contribution in [-0.2, 0) is 12.7 Å². The molecule has 32 heavy (non-hydrogen) atoms. The van der Waals surface area contributed by atoms with E-state index in [1.54, 1.807) is 4.68 Å². The van der Waals surface area contributed by atoms with Gasteiger partial charge in [-0.3, -0.25) is 0 Å². The lowest BCUT2D eigenvalue weighted by Gasteiger charge is -2.15. The summed E-state index contributed by atoms with van der Waals surface area (Å²) in [5, 5.41) is 10.5. The Hall–Kier alpha value is -3.65. The Bertz CT molecular complexity index is 1200. The Labute approximate surface area is 188 Å². The van der Waals surface area contributed by atoms with Crippen molar-refractivity contribution in [1.29, 1.82) is 0 Å². The molecule has 0 aliphatic heterocycles. The van der Waals surface area contributed by atoms with Crippen molar-refractivity contribution in [3.8, 4) is 16.9 Å². The van der Waals surface area contributed by atoms with E-state index >= 15 is 0 Å². The van der Waals surface area contributed by atoms with E-state index in [1.165, 1.54) is 18.2 Å². The number of nitrogens with one attached hydrogen (secondary N) is 2. The normalized spacial score (nSPS) is 11.2. The van der Waals surface area contributed by atoms with Gasteiger partial charge in [-0.05, 0) is 36.5 Å². The molecule has 162 valence electrons. The highest BCUT2D eigenvalue weighted by Gasteiger charge is 2.33. The van der Waals surface area contributed by atoms with Crippen LogP contribution >= 0.6 is 12.2 Å². The summed E-state index contributed by atoms with van der Waals surface area (Å²) < 4.78 is 41.5. The second-order valence-electron chi connectivity index (χ2n) is 7.00. The van der Waals surface area contributed by atoms with Crippen LogP contribution < -0.4 is 10.6 Å². The third kappa shape index (κ3) is 4.97. The third-order valence-corrected chi connectivity index (χ3v) is 5.02. The highest BCUT2D eigenvalue weighted by atomic mass is 32.1. The highest BCUT2D eigenvalue weighted by Crippen LogP contribution is 2.34. The van der Waals surface area contributed by atoms with Crippen molar-refractivity contribution in [2.24, 2.45) is 0 Å². The average molecular weight is 453 g/mol. The van der Waals surface area contributed by atoms with Crippen LogP contribution in [0.1, 0.15) is 11.1 Å². The molecule has 0 atom stereocenters. The maximum Gasteiger partial charge on any atom is 0.418 e. The van der Waals surface area contributed by atoms with E-state index in [-0.39, 0.29) is 17.3 Å². The van der Waals surface area contributed by atoms with Gasteiger partial charge in [0.05, 0.1) is 22.6 Å². The van der Waals surface area contributed by atoms with Gasteiger partial charge in [0, 0.05) is 23.9 Å². The number of hydrogen-bond donors (Lipinski definition) is 2. The van der Waals surface area contributed by atoms with Crippen LogP contribution in [0.2, 0.25) is 0 Å². The van der Waals surface area contributed by atoms with Gasteiger partial charge >= 0.3 is 6.18 Å². The Morgan fingerprint density at radius 2 is 1.50 bits per heavy atom. The maximum atomic E-state index is 13.2. The summed E-state index contributed by atoms with van der Waals surface area (Å²) in [6, 6.07) is 24.6. The van der Waals surface area contributed by atoms with Crippen LogP contribution in [0.5, 0.6) is 0 Å². The maximum absolute atomic E-state index is 13.2. The summed E-state index contributed by atoms with van der Waals surface area (Å²) in [5.74, 6) is 0. The fourth-order valence-electron chi connectivity index (χ4n) is 3.27. The van der Waals surface area contributed by atoms with Crippen molar-refractivity contribution in [3.63, 3.8) is 0 Å². The number of para-hydroxylation sites is 2. The third-order valence-electron chi connectivity index (χ3n) is 4.78. The van der Waals surface area contributed by atoms with E-state index in [4.69, 9.17) is 17.3 Å². The number of rotatable bonds is 5. The monoisotopic (exact) mass is 452 g/mol. The number of benzene rings is 3. The first kappa shape index (κ1) is 21.6. The Morgan fingerprint density at radius 3 is 2.19 bits per heavy atom. The second-order valence-corrected chi connectivity index (χ2v) is 7.41. The van der Waals surface area contributed by atoms with Crippen molar-refractivity contribution in [2.75, 3.05) is 5.32 Å². The summed E-state index contributed by atoms with van der Waals surface area (Å²) in [5.41, 5.74) is 2.58. The molecule has 8 heteroatoms. The molecule has 0 aliphatic rings. The molecule has 0 bridgehead atoms. The first-order chi connectivity index (χ1) is 15.4. The molecule has 0 radical (unpaired) electrons. The topological polar surface area (TPSA) is 41.9 Å². The molecule has 0 saturated carbocycles. The number of anilines is 1. The molecule has 0 spiro atoms. The van der Waals surface area contributed by atoms with Gasteiger partial charge in [0.2, 0.25) is 0 Å². The van der Waals surface area contributed by atoms with Gasteiger partial charge < -0.3 is 10.6 Å². The predicted octanol–water partition coefficient (Wildman–Crippen LogP) is 6.04. The zero-order chi connectivity index (χ0) is 22.6. The largest absolute Gasteiger partial charge is 0.418 e. The minimum absolute atomic E-state index is 0.0909. The van der Waals surface area contributed by atoms with Crippen LogP contribution in [-0.4, -0.2) is 14.9 Å². The molecule has 0 aliphatic carbocycles. The van der Waals surface area contributed by atoms with Crippen molar-refractivity contribution in [3.05, 3.63) is 102 Å². The van der Waals surface area contributed by atoms with Gasteiger partial charge in [-0.15, -0.1) is 0 Å². The molecule has 4 aromatic rings. The van der Waals surface area contributed by atoms with Crippen LogP contribution in [0, 0.1) is 0 Å². The van der Waals surface area contributed by atoms with Crippen molar-refractivity contribution in [2.45, 2.75) is 12.7 Å². The summed E-state index contributed by atoms with van der Waals surface area (Å²) in [6.07, 6.45) is -2.59. The fraction of sp³-hybridized carbons (Fsp3) is 0.0833. The van der Waals surface area contributed by atoms with Crippen molar-refractivity contribution >= 4 is 23.0 Å². The summed E-state index contributed by atoms with van der Waals surface area (Å²) in [6.45, 7) is 0.289. The number of aromatic nitrogens is 2. The molecule has 4 nitrogen and oxygen atoms in total. The van der Waals surface area contributed by atoms with E-state index in [0.717, 1.165) is 28.6 Å². The molecular formula is C24H19F3N4S. The van der Waals surface area contributed by atoms with E-state index in [1.807, 2.05) is 66.9 Å². The first-order valence-electron chi connectivity index (χ1n) is 9.82. The number of thiocarbonyl (C=S) groups is 1. The van der Waals surface area contributed by atoms with Crippen LogP contribution in [0.3, 0.4) is 0 Å². The van der Waals surface area contributed by atoms with Gasteiger partial charge in [-0.25, -0.2) is 4.68 Å². The zero-order valence-electron chi connectivity index (χ0n) is 16.8. The standard InChI is InChI=1S/C24H19F3N4S/c25-24(26,27)20-13-7-8-14-21(20)29-23(32)28-15-18-16-31(19-11-5-2-6-12-19)30-22(18)17-9-3-1-4-10-17/h1-14,16H,15H2,(H2,28,29,32). The summed E-state index contributed by atoms with van der Waals surface area (Å²) in [7, 11) is 0. The van der Waals surface area contributed by atoms with Crippen molar-refractivity contribution < 1.29 is 13.2 Å². The number of hydrogen-bond acceptors (Lipinski definition) is 2. The first-order valence-corrected chi connectivity index (χ1v) is 10.2. The number of halogens is 3. The second kappa shape index (κ2) is 9.23. The lowest BCUT2D eigenvalue weighted by atomic mass is 10.1. The van der Waals surface area contributed by atoms with Gasteiger partial charge in [0.15, 0.2) is 5.11 Å². The molecule has 4 rings (SSSR count). The minimum Gasteiger partial charge on any atom is -0.358 e. The number of nitrogens with zero attached hydrogens (tertiary/aromatic N) is 2. The fourth-order valence-corrected chi connectivity index (χ4v) is 3.45. The molecule has 1 aromatic heterocycles. The molecular weight excluding hydrogens is 433 g/mol. The van der Waals surface area contributed by atoms with Gasteiger partial charge in [0.25, 0.3) is 0 Å². The molecule has 1 heterocycles. The smallest absolute Gasteiger partial charge is 0.358 e. The molecule has 3 aromatic carbocycles. The van der Waals surface area contributed by atoms with E-state index < -0.39 is 11.7 Å². The predicted molar refractivity (Wildman–Crippen MR) is 124 cm³/mol. The van der Waals surface area contributed by atoms with Gasteiger partial charge in [-0.1, -0.05) is 60.7 Å². The van der Waals surface area contributed by atoms with Gasteiger partial charge in [-0.2, -0.15) is 18.3 Å². The number of alkyl halides is 3. The Morgan fingerprint density at radius 1 is 0.875 bits per heavy atom. The van der Waals surface area contributed by atoms with E-state index in [2.05, 4.69) is 10.6 Å². The highest BCUT2D eigenvalue weighted by molar-refractivity contribution is 7.80. The molecule has 0 fully saturated rings. The summed E-state index contributed by atoms with van der Waals surface area (Å²) >= 11 is 5.26. The van der Waals surface area contributed by atoms with Crippen LogP contribution in [0.25, 0.3) is 16.9 Å². The Balaban J connectivity index is 1.56. The molecule has 0 saturated heterocycles. The van der Waals surface area contributed by atoms with Crippen LogP contribution in [0.4, 0.5) is 18.9 Å². The Kier molecular flexibility index (Phi) is 6.23. The minimum atomic E-state index is -4.48. The molecule has 0 amide bonds. The lowest BCUT2D eigenvalue weighted by Crippen LogP contribution is -2.29. The van der Waals surface area contributed by atoms with E-state index in [0.29, 0.717) is 0 Å². The van der Waals surface area contributed by atoms with Crippen LogP contribution in [0.15, 0.2) is 91.1 Å². The average Bonchev–Trinajstić information content (AvgIpc) is 3.23. The quantitative estimate of drug-likeness (QED) is 0.362. The van der Waals surface area contributed by atoms with Crippen molar-refractivity contribution in [1.82, 2.24) is 15.1 Å².